The van der Waals surface area contributed by atoms with Gasteiger partial charge in [-0.3, -0.25) is 0 Å². The van der Waals surface area contributed by atoms with Crippen LogP contribution in [-0.4, -0.2) is 10.6 Å². The molecule has 1 aromatic rings. The Labute approximate surface area is 98.5 Å². The number of rotatable bonds is 3. The fourth-order valence-electron chi connectivity index (χ4n) is 1.22. The van der Waals surface area contributed by atoms with Crippen molar-refractivity contribution in [2.45, 2.75) is 46.1 Å². The van der Waals surface area contributed by atoms with E-state index in [4.69, 9.17) is 4.74 Å². The molecule has 86 valence electrons. The standard InChI is InChI=1S/C12H19NO.ClH/c1-5-7-10-8-6-9-11(13-10)14-12(2,3)4;/h6,8-9H,5,7H2,1-4H3;1H. The smallest absolute Gasteiger partial charge is 0.213 e. The zero-order valence-electron chi connectivity index (χ0n) is 9.91. The predicted octanol–water partition coefficient (Wildman–Crippen LogP) is 3.63. The number of halogens is 1. The number of pyridine rings is 1. The van der Waals surface area contributed by atoms with Gasteiger partial charge in [-0.25, -0.2) is 4.98 Å². The normalized spacial score (nSPS) is 10.7. The summed E-state index contributed by atoms with van der Waals surface area (Å²) in [6, 6.07) is 5.95. The maximum atomic E-state index is 5.68. The molecule has 1 aromatic heterocycles. The minimum atomic E-state index is -0.169. The Morgan fingerprint density at radius 3 is 2.47 bits per heavy atom. The Hall–Kier alpha value is -0.760. The van der Waals surface area contributed by atoms with Crippen LogP contribution in [0.2, 0.25) is 0 Å². The van der Waals surface area contributed by atoms with Gasteiger partial charge < -0.3 is 4.74 Å². The van der Waals surface area contributed by atoms with E-state index in [-0.39, 0.29) is 18.0 Å². The third-order valence-electron chi connectivity index (χ3n) is 1.70. The molecule has 0 aliphatic carbocycles. The minimum absolute atomic E-state index is 0. The quantitative estimate of drug-likeness (QED) is 0.790. The molecule has 0 aromatic carbocycles. The van der Waals surface area contributed by atoms with Crippen LogP contribution in [0, 0.1) is 0 Å². The van der Waals surface area contributed by atoms with E-state index in [1.165, 1.54) is 0 Å². The number of aromatic nitrogens is 1. The summed E-state index contributed by atoms with van der Waals surface area (Å²) < 4.78 is 5.68. The molecule has 0 atom stereocenters. The molecular formula is C12H20ClNO. The van der Waals surface area contributed by atoms with Crippen LogP contribution in [0.1, 0.15) is 39.8 Å². The van der Waals surface area contributed by atoms with Crippen LogP contribution in [-0.2, 0) is 6.42 Å². The first-order chi connectivity index (χ1) is 6.51. The van der Waals surface area contributed by atoms with Crippen LogP contribution in [0.3, 0.4) is 0 Å². The van der Waals surface area contributed by atoms with Crippen molar-refractivity contribution >= 4 is 12.4 Å². The maximum absolute atomic E-state index is 5.68. The van der Waals surface area contributed by atoms with Gasteiger partial charge in [-0.15, -0.1) is 12.4 Å². The van der Waals surface area contributed by atoms with Crippen molar-refractivity contribution in [1.29, 1.82) is 0 Å². The third-order valence-corrected chi connectivity index (χ3v) is 1.70. The van der Waals surface area contributed by atoms with E-state index in [1.807, 2.05) is 39.0 Å². The fraction of sp³-hybridized carbons (Fsp3) is 0.583. The number of nitrogens with zero attached hydrogens (tertiary/aromatic N) is 1. The van der Waals surface area contributed by atoms with E-state index < -0.39 is 0 Å². The van der Waals surface area contributed by atoms with Gasteiger partial charge in [0, 0.05) is 11.8 Å². The highest BCUT2D eigenvalue weighted by molar-refractivity contribution is 5.85. The Morgan fingerprint density at radius 2 is 1.93 bits per heavy atom. The fourth-order valence-corrected chi connectivity index (χ4v) is 1.22. The molecule has 0 amide bonds. The van der Waals surface area contributed by atoms with E-state index in [0.29, 0.717) is 0 Å². The molecule has 0 N–H and O–H groups in total. The third kappa shape index (κ3) is 5.63. The van der Waals surface area contributed by atoms with Crippen LogP contribution >= 0.6 is 12.4 Å². The average molecular weight is 230 g/mol. The molecule has 0 fully saturated rings. The molecule has 0 bridgehead atoms. The van der Waals surface area contributed by atoms with Crippen LogP contribution in [0.5, 0.6) is 5.88 Å². The van der Waals surface area contributed by atoms with Gasteiger partial charge in [0.25, 0.3) is 0 Å². The molecule has 3 heteroatoms. The lowest BCUT2D eigenvalue weighted by atomic mass is 10.2. The molecule has 0 saturated carbocycles. The first kappa shape index (κ1) is 14.2. The lowest BCUT2D eigenvalue weighted by molar-refractivity contribution is 0.124. The van der Waals surface area contributed by atoms with Crippen molar-refractivity contribution < 1.29 is 4.74 Å². The van der Waals surface area contributed by atoms with Gasteiger partial charge in [-0.1, -0.05) is 19.4 Å². The van der Waals surface area contributed by atoms with E-state index in [1.54, 1.807) is 0 Å². The topological polar surface area (TPSA) is 22.1 Å². The molecule has 15 heavy (non-hydrogen) atoms. The highest BCUT2D eigenvalue weighted by Crippen LogP contribution is 2.15. The molecule has 0 spiro atoms. The van der Waals surface area contributed by atoms with Crippen molar-refractivity contribution in [3.63, 3.8) is 0 Å². The first-order valence-electron chi connectivity index (χ1n) is 5.16. The summed E-state index contributed by atoms with van der Waals surface area (Å²) in [6.45, 7) is 8.24. The van der Waals surface area contributed by atoms with Crippen molar-refractivity contribution in [3.05, 3.63) is 23.9 Å². The maximum Gasteiger partial charge on any atom is 0.213 e. The van der Waals surface area contributed by atoms with Crippen molar-refractivity contribution in [2.24, 2.45) is 0 Å². The van der Waals surface area contributed by atoms with Crippen LogP contribution in [0.15, 0.2) is 18.2 Å². The van der Waals surface area contributed by atoms with Gasteiger partial charge in [0.2, 0.25) is 5.88 Å². The van der Waals surface area contributed by atoms with Crippen molar-refractivity contribution in [1.82, 2.24) is 4.98 Å². The van der Waals surface area contributed by atoms with Gasteiger partial charge in [0.15, 0.2) is 0 Å². The highest BCUT2D eigenvalue weighted by Gasteiger charge is 2.12. The summed E-state index contributed by atoms with van der Waals surface area (Å²) in [4.78, 5) is 4.43. The Balaban J connectivity index is 0.00000196. The lowest BCUT2D eigenvalue weighted by Gasteiger charge is -2.20. The molecule has 1 rings (SSSR count). The number of hydrogen-bond donors (Lipinski definition) is 0. The predicted molar refractivity (Wildman–Crippen MR) is 65.9 cm³/mol. The van der Waals surface area contributed by atoms with E-state index in [2.05, 4.69) is 11.9 Å². The molecule has 0 aliphatic rings. The van der Waals surface area contributed by atoms with E-state index in [0.717, 1.165) is 24.4 Å². The molecule has 1 heterocycles. The minimum Gasteiger partial charge on any atom is -0.472 e. The van der Waals surface area contributed by atoms with Gasteiger partial charge >= 0.3 is 0 Å². The number of ether oxygens (including phenoxy) is 1. The summed E-state index contributed by atoms with van der Waals surface area (Å²) in [7, 11) is 0. The average Bonchev–Trinajstić information content (AvgIpc) is 2.02. The largest absolute Gasteiger partial charge is 0.472 e. The van der Waals surface area contributed by atoms with Gasteiger partial charge in [-0.2, -0.15) is 0 Å². The molecule has 0 radical (unpaired) electrons. The summed E-state index contributed by atoms with van der Waals surface area (Å²) in [5, 5.41) is 0. The molecule has 0 aliphatic heterocycles. The van der Waals surface area contributed by atoms with Crippen LogP contribution in [0.4, 0.5) is 0 Å². The van der Waals surface area contributed by atoms with E-state index >= 15 is 0 Å². The van der Waals surface area contributed by atoms with Gasteiger partial charge in [-0.05, 0) is 33.3 Å². The summed E-state index contributed by atoms with van der Waals surface area (Å²) in [6.07, 6.45) is 2.13. The Kier molecular flexibility index (Phi) is 5.66. The van der Waals surface area contributed by atoms with Crippen LogP contribution < -0.4 is 4.74 Å². The summed E-state index contributed by atoms with van der Waals surface area (Å²) in [5.41, 5.74) is 0.937. The van der Waals surface area contributed by atoms with Gasteiger partial charge in [0.05, 0.1) is 0 Å². The first-order valence-corrected chi connectivity index (χ1v) is 5.16. The second-order valence-electron chi connectivity index (χ2n) is 4.43. The molecular weight excluding hydrogens is 210 g/mol. The summed E-state index contributed by atoms with van der Waals surface area (Å²) in [5.74, 6) is 0.725. The lowest BCUT2D eigenvalue weighted by Crippen LogP contribution is -2.23. The van der Waals surface area contributed by atoms with Gasteiger partial charge in [0.1, 0.15) is 5.60 Å². The highest BCUT2D eigenvalue weighted by atomic mass is 35.5. The molecule has 0 unspecified atom stereocenters. The SMILES string of the molecule is CCCc1cccc(OC(C)(C)C)n1.Cl. The van der Waals surface area contributed by atoms with Crippen LogP contribution in [0.25, 0.3) is 0 Å². The zero-order valence-corrected chi connectivity index (χ0v) is 10.7. The number of aryl methyl sites for hydroxylation is 1. The van der Waals surface area contributed by atoms with E-state index in [9.17, 15) is 0 Å². The molecule has 2 nitrogen and oxygen atoms in total. The second-order valence-corrected chi connectivity index (χ2v) is 4.43. The second kappa shape index (κ2) is 5.96. The summed E-state index contributed by atoms with van der Waals surface area (Å²) >= 11 is 0. The Bertz CT molecular complexity index is 294. The van der Waals surface area contributed by atoms with Crippen molar-refractivity contribution in [3.8, 4) is 5.88 Å². The van der Waals surface area contributed by atoms with Crippen molar-refractivity contribution in [2.75, 3.05) is 0 Å². The monoisotopic (exact) mass is 229 g/mol. The number of hydrogen-bond acceptors (Lipinski definition) is 2. The Morgan fingerprint density at radius 1 is 1.27 bits per heavy atom. The zero-order chi connectivity index (χ0) is 10.6. The molecule has 0 saturated heterocycles.